The van der Waals surface area contributed by atoms with Crippen molar-refractivity contribution in [2.75, 3.05) is 26.4 Å². The maximum Gasteiger partial charge on any atom is 0.310 e. The van der Waals surface area contributed by atoms with Gasteiger partial charge in [-0.1, -0.05) is 53.2 Å². The van der Waals surface area contributed by atoms with E-state index in [9.17, 15) is 81.4 Å². The molecule has 4 saturated carbocycles. The predicted molar refractivity (Wildman–Crippen MR) is 288 cm³/mol. The molecule has 0 aromatic heterocycles. The average Bonchev–Trinajstić information content (AvgIpc) is 0.709. The van der Waals surface area contributed by atoms with Crippen LogP contribution in [0.3, 0.4) is 0 Å². The summed E-state index contributed by atoms with van der Waals surface area (Å²) in [5.41, 5.74) is -1.31. The van der Waals surface area contributed by atoms with Crippen LogP contribution in [0.1, 0.15) is 120 Å². The van der Waals surface area contributed by atoms with Crippen molar-refractivity contribution in [3.05, 3.63) is 11.6 Å². The molecule has 33 atom stereocenters. The van der Waals surface area contributed by atoms with Crippen LogP contribution in [0.2, 0.25) is 0 Å². The van der Waals surface area contributed by atoms with Crippen molar-refractivity contribution in [3.8, 4) is 0 Å². The van der Waals surface area contributed by atoms with E-state index in [1.54, 1.807) is 0 Å². The van der Waals surface area contributed by atoms with Crippen LogP contribution in [0.5, 0.6) is 0 Å². The fraction of sp³-hybridized carbons (Fsp3) is 0.949. The van der Waals surface area contributed by atoms with E-state index in [1.807, 2.05) is 6.92 Å². The second-order valence-electron chi connectivity index (χ2n) is 28.4. The van der Waals surface area contributed by atoms with Gasteiger partial charge in [0.15, 0.2) is 31.5 Å². The Balaban J connectivity index is 0.911. The fourth-order valence-corrected chi connectivity index (χ4v) is 17.7. The zero-order chi connectivity index (χ0) is 62.0. The molecule has 488 valence electrons. The van der Waals surface area contributed by atoms with E-state index in [2.05, 4.69) is 40.7 Å². The standard InChI is InChI=1S/C59H96O26/c1-24-34(63)45(83-48-41(70)38(67)30(22-76-48)81-49-42(71)39(68)36(65)28(20-60)79-49)44(73)51(77-24)85-47-46(84-50-43(72)40(69)37(66)29(21-61)80-50)35(64)25(2)78-52(47)82-33-12-13-55(5)31(56(33,6)23-62)11-14-58(8)32(55)10-9-26-27-19-54(3,4)15-17-59(27,53(74)75)18-16-57(26,58)7/h9,24-25,27-52,60-73H,10-23H2,1-8H3,(H,74,75)/t24-,25-,27-,28+,29+,30+,31+,32+,33-,34-,35-,36+,37+,38-,39-,40-,41+,42+,43+,44+,45+,46+,47+,48-,49-,50-,51-,52-,55-,56-,57+,58+,59-/m0/s1. The van der Waals surface area contributed by atoms with Crippen LogP contribution in [0.25, 0.3) is 0 Å². The number of hydrogen-bond acceptors (Lipinski definition) is 25. The van der Waals surface area contributed by atoms with Gasteiger partial charge in [0.1, 0.15) is 104 Å². The first-order valence-electron chi connectivity index (χ1n) is 30.6. The molecule has 5 aliphatic carbocycles. The lowest BCUT2D eigenvalue weighted by Crippen LogP contribution is -2.68. The Kier molecular flexibility index (Phi) is 19.0. The Hall–Kier alpha value is -1.75. The number of aliphatic hydroxyl groups is 14. The van der Waals surface area contributed by atoms with Gasteiger partial charge < -0.3 is 124 Å². The van der Waals surface area contributed by atoms with Gasteiger partial charge in [-0.3, -0.25) is 4.79 Å². The van der Waals surface area contributed by atoms with Crippen LogP contribution in [0.15, 0.2) is 11.6 Å². The molecule has 0 unspecified atom stereocenters. The lowest BCUT2D eigenvalue weighted by Gasteiger charge is -2.71. The average molecular weight is 1220 g/mol. The quantitative estimate of drug-likeness (QED) is 0.0662. The largest absolute Gasteiger partial charge is 0.481 e. The van der Waals surface area contributed by atoms with Gasteiger partial charge in [0.2, 0.25) is 0 Å². The predicted octanol–water partition coefficient (Wildman–Crippen LogP) is -1.98. The number of allylic oxidation sites excluding steroid dienone is 2. The number of rotatable bonds is 14. The molecule has 85 heavy (non-hydrogen) atoms. The topological polar surface area (TPSA) is 413 Å². The summed E-state index contributed by atoms with van der Waals surface area (Å²) in [6.07, 6.45) is -31.9. The summed E-state index contributed by atoms with van der Waals surface area (Å²) >= 11 is 0. The van der Waals surface area contributed by atoms with Gasteiger partial charge in [0, 0.05) is 5.41 Å². The molecule has 26 nitrogen and oxygen atoms in total. The summed E-state index contributed by atoms with van der Waals surface area (Å²) in [7, 11) is 0. The van der Waals surface area contributed by atoms with Crippen LogP contribution in [-0.4, -0.2) is 263 Å². The highest BCUT2D eigenvalue weighted by atomic mass is 16.8. The maximum absolute atomic E-state index is 13.3. The molecule has 0 spiro atoms. The van der Waals surface area contributed by atoms with Crippen molar-refractivity contribution in [1.29, 1.82) is 0 Å². The molecular formula is C59H96O26. The third-order valence-electron chi connectivity index (χ3n) is 23.3. The Morgan fingerprint density at radius 1 is 0.541 bits per heavy atom. The van der Waals surface area contributed by atoms with Crippen molar-refractivity contribution >= 4 is 5.97 Å². The Morgan fingerprint density at radius 3 is 1.68 bits per heavy atom. The zero-order valence-electron chi connectivity index (χ0n) is 49.8. The van der Waals surface area contributed by atoms with Crippen molar-refractivity contribution in [1.82, 2.24) is 0 Å². The third-order valence-corrected chi connectivity index (χ3v) is 23.3. The molecule has 15 N–H and O–H groups in total. The van der Waals surface area contributed by atoms with Gasteiger partial charge >= 0.3 is 5.97 Å². The Bertz CT molecular complexity index is 2370. The van der Waals surface area contributed by atoms with Gasteiger partial charge in [-0.25, -0.2) is 0 Å². The van der Waals surface area contributed by atoms with Gasteiger partial charge in [0.05, 0.1) is 50.2 Å². The molecule has 0 aromatic rings. The van der Waals surface area contributed by atoms with E-state index >= 15 is 0 Å². The van der Waals surface area contributed by atoms with E-state index in [1.165, 1.54) is 19.4 Å². The van der Waals surface area contributed by atoms with Crippen LogP contribution < -0.4 is 0 Å². The van der Waals surface area contributed by atoms with Crippen molar-refractivity contribution in [2.45, 2.75) is 273 Å². The normalized spacial score (nSPS) is 55.3. The zero-order valence-corrected chi connectivity index (χ0v) is 49.8. The number of aliphatic carboxylic acids is 1. The molecule has 5 aliphatic heterocycles. The number of ether oxygens (including phenoxy) is 10. The summed E-state index contributed by atoms with van der Waals surface area (Å²) in [4.78, 5) is 13.3. The van der Waals surface area contributed by atoms with Crippen LogP contribution in [0, 0.1) is 50.2 Å². The first kappa shape index (κ1) is 66.2. The van der Waals surface area contributed by atoms with Crippen molar-refractivity contribution in [2.24, 2.45) is 50.2 Å². The first-order valence-corrected chi connectivity index (χ1v) is 30.6. The molecule has 0 aromatic carbocycles. The molecule has 0 bridgehead atoms. The third kappa shape index (κ3) is 11.0. The number of fused-ring (bicyclic) bond motifs is 7. The highest BCUT2D eigenvalue weighted by Gasteiger charge is 2.71. The van der Waals surface area contributed by atoms with E-state index < -0.39 is 190 Å². The molecule has 5 saturated heterocycles. The van der Waals surface area contributed by atoms with Crippen LogP contribution in [-0.2, 0) is 52.2 Å². The van der Waals surface area contributed by atoms with Crippen LogP contribution >= 0.6 is 0 Å². The molecule has 10 aliphatic rings. The molecule has 9 fully saturated rings. The maximum atomic E-state index is 13.3. The molecule has 5 heterocycles. The molecule has 0 radical (unpaired) electrons. The lowest BCUT2D eigenvalue weighted by atomic mass is 9.33. The SMILES string of the molecule is C[C@@H]1O[C@@H](O[C@H]2[C@H](O[C@H]3CC[C@@]4(C)[C@@H](CC[C@]5(C)[C@@H]4CC=C4[C@@H]6CC(C)(C)CC[C@]6(C(=O)O)CC[C@]45C)[C@]3(C)CO)O[C@@H](C)[C@H](O)[C@H]2O[C@@H]2O[C@H](CO)[C@@H](O)[C@H](O)[C@H]2O)[C@H](O)[C@H](O[C@@H]2OC[C@@H](O[C@@H]3O[C@H](CO)[C@@H](O)[C@H](O)[C@H]3O)[C@H](O)[C@H]2O)[C@H]1O. The Morgan fingerprint density at radius 2 is 1.08 bits per heavy atom. The summed E-state index contributed by atoms with van der Waals surface area (Å²) in [6.45, 7) is 14.1. The lowest BCUT2D eigenvalue weighted by molar-refractivity contribution is -0.403. The highest BCUT2D eigenvalue weighted by molar-refractivity contribution is 5.76. The number of carboxylic acids is 1. The molecule has 26 heteroatoms. The smallest absolute Gasteiger partial charge is 0.310 e. The molecule has 10 rings (SSSR count). The number of hydrogen-bond donors (Lipinski definition) is 15. The number of carboxylic acid groups (broad SMARTS) is 1. The Labute approximate surface area is 494 Å². The summed E-state index contributed by atoms with van der Waals surface area (Å²) in [5, 5.41) is 165. The first-order chi connectivity index (χ1) is 39.9. The second-order valence-corrected chi connectivity index (χ2v) is 28.4. The fourth-order valence-electron chi connectivity index (χ4n) is 17.7. The summed E-state index contributed by atoms with van der Waals surface area (Å²) < 4.78 is 61.1. The van der Waals surface area contributed by atoms with Crippen molar-refractivity contribution < 1.29 is 129 Å². The van der Waals surface area contributed by atoms with E-state index in [4.69, 9.17) is 47.4 Å². The van der Waals surface area contributed by atoms with E-state index in [0.717, 1.165) is 32.1 Å². The van der Waals surface area contributed by atoms with Gasteiger partial charge in [-0.2, -0.15) is 0 Å². The minimum absolute atomic E-state index is 0.00371. The monoisotopic (exact) mass is 1220 g/mol. The van der Waals surface area contributed by atoms with Gasteiger partial charge in [-0.15, -0.1) is 0 Å². The number of aliphatic hydroxyl groups excluding tert-OH is 14. The molecular weight excluding hydrogens is 1120 g/mol. The van der Waals surface area contributed by atoms with Gasteiger partial charge in [0.25, 0.3) is 0 Å². The minimum Gasteiger partial charge on any atom is -0.481 e. The van der Waals surface area contributed by atoms with Crippen molar-refractivity contribution in [3.63, 3.8) is 0 Å². The number of carbonyl (C=O) groups is 1. The summed E-state index contributed by atoms with van der Waals surface area (Å²) in [5.74, 6) is -0.759. The van der Waals surface area contributed by atoms with E-state index in [0.29, 0.717) is 32.1 Å². The minimum atomic E-state index is -2.00. The summed E-state index contributed by atoms with van der Waals surface area (Å²) in [6, 6.07) is 0. The van der Waals surface area contributed by atoms with Crippen LogP contribution in [0.4, 0.5) is 0 Å². The van der Waals surface area contributed by atoms with E-state index in [-0.39, 0.29) is 46.0 Å². The highest BCUT2D eigenvalue weighted by Crippen LogP contribution is 2.76. The molecule has 0 amide bonds. The second kappa shape index (κ2) is 24.4. The van der Waals surface area contributed by atoms with Gasteiger partial charge in [-0.05, 0) is 117 Å².